The van der Waals surface area contributed by atoms with Gasteiger partial charge in [-0.05, 0) is 44.3 Å². The van der Waals surface area contributed by atoms with Gasteiger partial charge >= 0.3 is 0 Å². The monoisotopic (exact) mass is 292 g/mol. The number of aryl methyl sites for hydroxylation is 1. The highest BCUT2D eigenvalue weighted by Crippen LogP contribution is 2.34. The molecule has 1 aromatic rings. The maximum absolute atomic E-state index is 5.88. The van der Waals surface area contributed by atoms with E-state index in [0.717, 1.165) is 24.6 Å². The van der Waals surface area contributed by atoms with Crippen LogP contribution in [0.2, 0.25) is 0 Å². The molecule has 0 aliphatic carbocycles. The van der Waals surface area contributed by atoms with E-state index in [0.29, 0.717) is 11.5 Å². The van der Waals surface area contributed by atoms with Crippen LogP contribution in [-0.2, 0) is 13.1 Å². The Kier molecular flexibility index (Phi) is 5.50. The number of piperidine rings is 1. The number of hydrogen-bond acceptors (Lipinski definition) is 3. The summed E-state index contributed by atoms with van der Waals surface area (Å²) >= 11 is 0. The van der Waals surface area contributed by atoms with Crippen LogP contribution in [0.4, 0.5) is 0 Å². The SMILES string of the molecule is CCC1(C)CCN(Cc2cc(CNC(C)C)oc2C)CC1. The van der Waals surface area contributed by atoms with Gasteiger partial charge in [0, 0.05) is 18.2 Å². The van der Waals surface area contributed by atoms with Crippen LogP contribution in [0.1, 0.15) is 64.0 Å². The summed E-state index contributed by atoms with van der Waals surface area (Å²) in [5, 5.41) is 3.42. The number of nitrogens with zero attached hydrogens (tertiary/aromatic N) is 1. The zero-order valence-electron chi connectivity index (χ0n) is 14.5. The summed E-state index contributed by atoms with van der Waals surface area (Å²) in [4.78, 5) is 2.58. The first kappa shape index (κ1) is 16.6. The van der Waals surface area contributed by atoms with Crippen LogP contribution in [0.3, 0.4) is 0 Å². The van der Waals surface area contributed by atoms with Crippen molar-refractivity contribution in [3.05, 3.63) is 23.2 Å². The van der Waals surface area contributed by atoms with Crippen molar-refractivity contribution >= 4 is 0 Å². The summed E-state index contributed by atoms with van der Waals surface area (Å²) in [6.07, 6.45) is 3.95. The summed E-state index contributed by atoms with van der Waals surface area (Å²) in [5.74, 6) is 2.14. The molecular formula is C18H32N2O. The van der Waals surface area contributed by atoms with Crippen molar-refractivity contribution in [2.45, 2.75) is 73.0 Å². The molecule has 1 aromatic heterocycles. The summed E-state index contributed by atoms with van der Waals surface area (Å²) in [5.41, 5.74) is 1.92. The Balaban J connectivity index is 1.89. The molecule has 1 N–H and O–H groups in total. The first-order valence-corrected chi connectivity index (χ1v) is 8.46. The summed E-state index contributed by atoms with van der Waals surface area (Å²) < 4.78 is 5.88. The summed E-state index contributed by atoms with van der Waals surface area (Å²) in [7, 11) is 0. The van der Waals surface area contributed by atoms with E-state index in [4.69, 9.17) is 4.42 Å². The highest BCUT2D eigenvalue weighted by Gasteiger charge is 2.28. The van der Waals surface area contributed by atoms with Gasteiger partial charge in [-0.15, -0.1) is 0 Å². The van der Waals surface area contributed by atoms with Crippen molar-refractivity contribution in [2.75, 3.05) is 13.1 Å². The van der Waals surface area contributed by atoms with Crippen LogP contribution in [0.15, 0.2) is 10.5 Å². The van der Waals surface area contributed by atoms with Crippen LogP contribution in [0.5, 0.6) is 0 Å². The highest BCUT2D eigenvalue weighted by atomic mass is 16.3. The van der Waals surface area contributed by atoms with Gasteiger partial charge < -0.3 is 9.73 Å². The molecule has 0 bridgehead atoms. The zero-order valence-corrected chi connectivity index (χ0v) is 14.5. The topological polar surface area (TPSA) is 28.4 Å². The van der Waals surface area contributed by atoms with E-state index in [1.54, 1.807) is 0 Å². The van der Waals surface area contributed by atoms with Gasteiger partial charge in [-0.2, -0.15) is 0 Å². The maximum Gasteiger partial charge on any atom is 0.118 e. The second kappa shape index (κ2) is 6.97. The first-order valence-electron chi connectivity index (χ1n) is 8.46. The number of furan rings is 1. The minimum absolute atomic E-state index is 0.493. The van der Waals surface area contributed by atoms with Gasteiger partial charge in [0.25, 0.3) is 0 Å². The fraction of sp³-hybridized carbons (Fsp3) is 0.778. The Hall–Kier alpha value is -0.800. The molecule has 3 nitrogen and oxygen atoms in total. The van der Waals surface area contributed by atoms with E-state index >= 15 is 0 Å². The average Bonchev–Trinajstić information content (AvgIpc) is 2.80. The van der Waals surface area contributed by atoms with Gasteiger partial charge in [0.2, 0.25) is 0 Å². The normalized spacial score (nSPS) is 19.3. The van der Waals surface area contributed by atoms with Crippen LogP contribution >= 0.6 is 0 Å². The molecule has 0 atom stereocenters. The van der Waals surface area contributed by atoms with Gasteiger partial charge in [-0.1, -0.05) is 34.1 Å². The van der Waals surface area contributed by atoms with Crippen molar-refractivity contribution in [1.82, 2.24) is 10.2 Å². The molecule has 0 radical (unpaired) electrons. The molecule has 0 saturated carbocycles. The zero-order chi connectivity index (χ0) is 15.5. The second-order valence-electron chi connectivity index (χ2n) is 7.27. The van der Waals surface area contributed by atoms with Crippen LogP contribution in [0.25, 0.3) is 0 Å². The van der Waals surface area contributed by atoms with E-state index in [2.05, 4.69) is 50.9 Å². The fourth-order valence-electron chi connectivity index (χ4n) is 2.98. The molecule has 0 unspecified atom stereocenters. The Morgan fingerprint density at radius 1 is 1.33 bits per heavy atom. The Morgan fingerprint density at radius 3 is 2.57 bits per heavy atom. The number of hydrogen-bond donors (Lipinski definition) is 1. The largest absolute Gasteiger partial charge is 0.465 e. The van der Waals surface area contributed by atoms with E-state index in [1.807, 2.05) is 0 Å². The lowest BCUT2D eigenvalue weighted by molar-refractivity contribution is 0.109. The lowest BCUT2D eigenvalue weighted by atomic mass is 9.78. The number of rotatable bonds is 6. The predicted octanol–water partition coefficient (Wildman–Crippen LogP) is 4.10. The molecule has 1 aliphatic rings. The van der Waals surface area contributed by atoms with Crippen LogP contribution in [-0.4, -0.2) is 24.0 Å². The molecule has 1 saturated heterocycles. The van der Waals surface area contributed by atoms with Gasteiger partial charge in [-0.25, -0.2) is 0 Å². The smallest absolute Gasteiger partial charge is 0.118 e. The van der Waals surface area contributed by atoms with E-state index in [1.165, 1.54) is 37.9 Å². The van der Waals surface area contributed by atoms with Crippen molar-refractivity contribution < 1.29 is 4.42 Å². The quantitative estimate of drug-likeness (QED) is 0.855. The first-order chi connectivity index (χ1) is 9.92. The van der Waals surface area contributed by atoms with Crippen molar-refractivity contribution in [3.8, 4) is 0 Å². The molecular weight excluding hydrogens is 260 g/mol. The molecule has 1 fully saturated rings. The number of nitrogens with one attached hydrogen (secondary N) is 1. The molecule has 21 heavy (non-hydrogen) atoms. The van der Waals surface area contributed by atoms with Crippen molar-refractivity contribution in [2.24, 2.45) is 5.41 Å². The minimum atomic E-state index is 0.493. The molecule has 2 heterocycles. The van der Waals surface area contributed by atoms with Gasteiger partial charge in [0.15, 0.2) is 0 Å². The lowest BCUT2D eigenvalue weighted by Crippen LogP contribution is -2.37. The predicted molar refractivity (Wildman–Crippen MR) is 88.3 cm³/mol. The lowest BCUT2D eigenvalue weighted by Gasteiger charge is -2.38. The Bertz CT molecular complexity index is 442. The minimum Gasteiger partial charge on any atom is -0.465 e. The molecule has 1 aliphatic heterocycles. The van der Waals surface area contributed by atoms with Crippen molar-refractivity contribution in [1.29, 1.82) is 0 Å². The highest BCUT2D eigenvalue weighted by molar-refractivity contribution is 5.21. The molecule has 0 amide bonds. The van der Waals surface area contributed by atoms with Crippen LogP contribution in [0, 0.1) is 12.3 Å². The van der Waals surface area contributed by atoms with Crippen molar-refractivity contribution in [3.63, 3.8) is 0 Å². The molecule has 0 spiro atoms. The van der Waals surface area contributed by atoms with E-state index in [-0.39, 0.29) is 0 Å². The third kappa shape index (κ3) is 4.58. The fourth-order valence-corrected chi connectivity index (χ4v) is 2.98. The average molecular weight is 292 g/mol. The Morgan fingerprint density at radius 2 is 2.00 bits per heavy atom. The summed E-state index contributed by atoms with van der Waals surface area (Å²) in [6, 6.07) is 2.73. The third-order valence-electron chi connectivity index (χ3n) is 5.07. The molecule has 3 heteroatoms. The standard InChI is InChI=1S/C18H32N2O/c1-6-18(5)7-9-20(10-8-18)13-16-11-17(21-15(16)4)12-19-14(2)3/h11,14,19H,6-10,12-13H2,1-5H3. The Labute approximate surface area is 130 Å². The summed E-state index contributed by atoms with van der Waals surface area (Å²) in [6.45, 7) is 15.5. The third-order valence-corrected chi connectivity index (χ3v) is 5.07. The number of likely N-dealkylation sites (tertiary alicyclic amines) is 1. The van der Waals surface area contributed by atoms with E-state index < -0.39 is 0 Å². The molecule has 120 valence electrons. The van der Waals surface area contributed by atoms with Gasteiger partial charge in [-0.3, -0.25) is 4.90 Å². The van der Waals surface area contributed by atoms with Crippen LogP contribution < -0.4 is 5.32 Å². The van der Waals surface area contributed by atoms with E-state index in [9.17, 15) is 0 Å². The molecule has 0 aromatic carbocycles. The van der Waals surface area contributed by atoms with Gasteiger partial charge in [0.05, 0.1) is 6.54 Å². The van der Waals surface area contributed by atoms with Gasteiger partial charge in [0.1, 0.15) is 11.5 Å². The molecule has 2 rings (SSSR count). The second-order valence-corrected chi connectivity index (χ2v) is 7.27. The maximum atomic E-state index is 5.88.